The molecule has 0 aromatic heterocycles. The Bertz CT molecular complexity index is 954. The van der Waals surface area contributed by atoms with E-state index in [2.05, 4.69) is 22.2 Å². The van der Waals surface area contributed by atoms with E-state index < -0.39 is 5.97 Å². The Balaban J connectivity index is 1.61. The molecule has 0 atom stereocenters. The molecule has 3 aromatic rings. The van der Waals surface area contributed by atoms with Crippen molar-refractivity contribution in [2.75, 3.05) is 19.0 Å². The van der Waals surface area contributed by atoms with Crippen molar-refractivity contribution >= 4 is 17.6 Å². The highest BCUT2D eigenvalue weighted by atomic mass is 16.5. The maximum atomic E-state index is 12.5. The van der Waals surface area contributed by atoms with Crippen LogP contribution in [0.2, 0.25) is 0 Å². The second kappa shape index (κ2) is 9.37. The van der Waals surface area contributed by atoms with Crippen LogP contribution < -0.4 is 10.1 Å². The van der Waals surface area contributed by atoms with Crippen LogP contribution in [0.5, 0.6) is 5.75 Å². The Hall–Kier alpha value is -3.60. The van der Waals surface area contributed by atoms with E-state index in [0.29, 0.717) is 29.2 Å². The number of carbonyl (C=O) groups is 2. The summed E-state index contributed by atoms with van der Waals surface area (Å²) < 4.78 is 10.5. The molecule has 0 fully saturated rings. The molecule has 0 saturated carbocycles. The van der Waals surface area contributed by atoms with Gasteiger partial charge in [0.1, 0.15) is 5.75 Å². The van der Waals surface area contributed by atoms with E-state index in [1.54, 1.807) is 30.3 Å². The quantitative estimate of drug-likeness (QED) is 0.624. The van der Waals surface area contributed by atoms with E-state index >= 15 is 0 Å². The van der Waals surface area contributed by atoms with E-state index in [-0.39, 0.29) is 5.91 Å². The number of hydrogen-bond acceptors (Lipinski definition) is 4. The van der Waals surface area contributed by atoms with Crippen LogP contribution in [0, 0.1) is 0 Å². The number of ether oxygens (including phenoxy) is 2. The van der Waals surface area contributed by atoms with Gasteiger partial charge >= 0.3 is 5.97 Å². The average Bonchev–Trinajstić information content (AvgIpc) is 2.74. The molecule has 0 radical (unpaired) electrons. The van der Waals surface area contributed by atoms with Crippen molar-refractivity contribution in [2.45, 2.75) is 6.42 Å². The number of anilines is 1. The molecule has 3 aromatic carbocycles. The molecule has 0 spiro atoms. The minimum atomic E-state index is -0.483. The van der Waals surface area contributed by atoms with Gasteiger partial charge < -0.3 is 14.8 Å². The van der Waals surface area contributed by atoms with Gasteiger partial charge in [-0.1, -0.05) is 42.5 Å². The molecule has 28 heavy (non-hydrogen) atoms. The Labute approximate surface area is 163 Å². The first-order valence-corrected chi connectivity index (χ1v) is 8.92. The summed E-state index contributed by atoms with van der Waals surface area (Å²) in [7, 11) is 1.30. The van der Waals surface area contributed by atoms with Crippen LogP contribution in [-0.4, -0.2) is 25.6 Å². The Morgan fingerprint density at radius 1 is 0.857 bits per heavy atom. The SMILES string of the molecule is COC(=O)c1cccc(C(=O)Nc2cccc(OCCc3ccccc3)c2)c1. The summed E-state index contributed by atoms with van der Waals surface area (Å²) >= 11 is 0. The lowest BCUT2D eigenvalue weighted by atomic mass is 10.1. The maximum Gasteiger partial charge on any atom is 0.337 e. The first-order valence-electron chi connectivity index (χ1n) is 8.92. The smallest absolute Gasteiger partial charge is 0.337 e. The number of hydrogen-bond donors (Lipinski definition) is 1. The van der Waals surface area contributed by atoms with E-state index in [1.165, 1.54) is 18.7 Å². The van der Waals surface area contributed by atoms with Gasteiger partial charge in [0.05, 0.1) is 19.3 Å². The first-order chi connectivity index (χ1) is 13.7. The minimum Gasteiger partial charge on any atom is -0.493 e. The summed E-state index contributed by atoms with van der Waals surface area (Å²) in [6.45, 7) is 0.544. The molecule has 0 unspecified atom stereocenters. The van der Waals surface area contributed by atoms with Gasteiger partial charge in [0.2, 0.25) is 0 Å². The Morgan fingerprint density at radius 3 is 2.39 bits per heavy atom. The average molecular weight is 375 g/mol. The maximum absolute atomic E-state index is 12.5. The number of carbonyl (C=O) groups excluding carboxylic acids is 2. The topological polar surface area (TPSA) is 64.6 Å². The highest BCUT2D eigenvalue weighted by Crippen LogP contribution is 2.19. The van der Waals surface area contributed by atoms with Gasteiger partial charge in [0, 0.05) is 23.7 Å². The molecule has 0 aliphatic rings. The monoisotopic (exact) mass is 375 g/mol. The van der Waals surface area contributed by atoms with Gasteiger partial charge in [-0.15, -0.1) is 0 Å². The third-order valence-corrected chi connectivity index (χ3v) is 4.14. The minimum absolute atomic E-state index is 0.313. The van der Waals surface area contributed by atoms with E-state index in [9.17, 15) is 9.59 Å². The predicted octanol–water partition coefficient (Wildman–Crippen LogP) is 4.35. The van der Waals surface area contributed by atoms with Gasteiger partial charge in [0.15, 0.2) is 0 Å². The number of amides is 1. The summed E-state index contributed by atoms with van der Waals surface area (Å²) in [4.78, 5) is 24.1. The largest absolute Gasteiger partial charge is 0.493 e. The predicted molar refractivity (Wildman–Crippen MR) is 108 cm³/mol. The highest BCUT2D eigenvalue weighted by molar-refractivity contribution is 6.05. The van der Waals surface area contributed by atoms with Crippen molar-refractivity contribution in [3.8, 4) is 5.75 Å². The Morgan fingerprint density at radius 2 is 1.61 bits per heavy atom. The van der Waals surface area contributed by atoms with Crippen LogP contribution in [0.15, 0.2) is 78.9 Å². The lowest BCUT2D eigenvalue weighted by Gasteiger charge is -2.10. The molecule has 142 valence electrons. The third-order valence-electron chi connectivity index (χ3n) is 4.14. The fraction of sp³-hybridized carbons (Fsp3) is 0.130. The van der Waals surface area contributed by atoms with E-state index in [0.717, 1.165) is 6.42 Å². The van der Waals surface area contributed by atoms with Crippen LogP contribution in [0.25, 0.3) is 0 Å². The fourth-order valence-corrected chi connectivity index (χ4v) is 2.70. The zero-order valence-corrected chi connectivity index (χ0v) is 15.6. The third kappa shape index (κ3) is 5.20. The number of methoxy groups -OCH3 is 1. The fourth-order valence-electron chi connectivity index (χ4n) is 2.70. The Kier molecular flexibility index (Phi) is 6.41. The molecular formula is C23H21NO4. The summed E-state index contributed by atoms with van der Waals surface area (Å²) in [5, 5.41) is 2.82. The number of benzene rings is 3. The second-order valence-electron chi connectivity index (χ2n) is 6.14. The van der Waals surface area contributed by atoms with Gasteiger partial charge in [0.25, 0.3) is 5.91 Å². The summed E-state index contributed by atoms with van der Waals surface area (Å²) in [5.74, 6) is -0.118. The van der Waals surface area contributed by atoms with Crippen LogP contribution >= 0.6 is 0 Å². The van der Waals surface area contributed by atoms with Gasteiger partial charge in [-0.3, -0.25) is 4.79 Å². The molecule has 0 aliphatic heterocycles. The molecule has 0 aliphatic carbocycles. The molecule has 1 N–H and O–H groups in total. The summed E-state index contributed by atoms with van der Waals surface area (Å²) in [5.41, 5.74) is 2.52. The van der Waals surface area contributed by atoms with Crippen LogP contribution in [-0.2, 0) is 11.2 Å². The second-order valence-corrected chi connectivity index (χ2v) is 6.14. The van der Waals surface area contributed by atoms with Crippen molar-refractivity contribution in [1.29, 1.82) is 0 Å². The van der Waals surface area contributed by atoms with Gasteiger partial charge in [-0.05, 0) is 35.9 Å². The lowest BCUT2D eigenvalue weighted by Crippen LogP contribution is -2.13. The molecular weight excluding hydrogens is 354 g/mol. The van der Waals surface area contributed by atoms with Crippen molar-refractivity contribution in [2.24, 2.45) is 0 Å². The van der Waals surface area contributed by atoms with Gasteiger partial charge in [-0.25, -0.2) is 4.79 Å². The summed E-state index contributed by atoms with van der Waals surface area (Å²) in [6.07, 6.45) is 0.803. The van der Waals surface area contributed by atoms with Crippen molar-refractivity contribution in [3.63, 3.8) is 0 Å². The standard InChI is InChI=1S/C23H21NO4/c1-27-23(26)19-10-5-9-18(15-19)22(25)24-20-11-6-12-21(16-20)28-14-13-17-7-3-2-4-8-17/h2-12,15-16H,13-14H2,1H3,(H,24,25). The molecule has 0 heterocycles. The lowest BCUT2D eigenvalue weighted by molar-refractivity contribution is 0.0600. The van der Waals surface area contributed by atoms with Crippen molar-refractivity contribution in [1.82, 2.24) is 0 Å². The van der Waals surface area contributed by atoms with Crippen LogP contribution in [0.1, 0.15) is 26.3 Å². The summed E-state index contributed by atoms with van der Waals surface area (Å²) in [6, 6.07) is 23.7. The van der Waals surface area contributed by atoms with Crippen LogP contribution in [0.3, 0.4) is 0 Å². The van der Waals surface area contributed by atoms with Crippen molar-refractivity contribution < 1.29 is 19.1 Å². The number of nitrogens with one attached hydrogen (secondary N) is 1. The number of esters is 1. The van der Waals surface area contributed by atoms with Crippen LogP contribution in [0.4, 0.5) is 5.69 Å². The normalized spacial score (nSPS) is 10.2. The first kappa shape index (κ1) is 19.2. The van der Waals surface area contributed by atoms with Crippen molar-refractivity contribution in [3.05, 3.63) is 95.6 Å². The zero-order valence-electron chi connectivity index (χ0n) is 15.6. The highest BCUT2D eigenvalue weighted by Gasteiger charge is 2.11. The number of rotatable bonds is 7. The molecule has 1 amide bonds. The van der Waals surface area contributed by atoms with E-state index in [4.69, 9.17) is 4.74 Å². The molecule has 0 saturated heterocycles. The molecule has 3 rings (SSSR count). The molecule has 5 heteroatoms. The van der Waals surface area contributed by atoms with Gasteiger partial charge in [-0.2, -0.15) is 0 Å². The van der Waals surface area contributed by atoms with E-state index in [1.807, 2.05) is 30.3 Å². The molecule has 5 nitrogen and oxygen atoms in total. The molecule has 0 bridgehead atoms. The zero-order chi connectivity index (χ0) is 19.8.